The van der Waals surface area contributed by atoms with Crippen LogP contribution in [0, 0.1) is 5.82 Å². The van der Waals surface area contributed by atoms with Crippen molar-refractivity contribution in [2.24, 2.45) is 0 Å². The summed E-state index contributed by atoms with van der Waals surface area (Å²) in [4.78, 5) is 21.6. The minimum atomic E-state index is -1.03. The molecule has 0 aliphatic carbocycles. The summed E-state index contributed by atoms with van der Waals surface area (Å²) in [5, 5.41) is 11.0. The highest BCUT2D eigenvalue weighted by atomic mass is 19.1. The molecule has 2 N–H and O–H groups in total. The van der Waals surface area contributed by atoms with Crippen LogP contribution in [-0.2, 0) is 9.59 Å². The number of carboxylic acid groups (broad SMARTS) is 1. The first-order chi connectivity index (χ1) is 8.00. The van der Waals surface area contributed by atoms with Gasteiger partial charge in [0.1, 0.15) is 5.82 Å². The summed E-state index contributed by atoms with van der Waals surface area (Å²) in [6, 6.07) is 5.67. The third-order valence-electron chi connectivity index (χ3n) is 2.32. The summed E-state index contributed by atoms with van der Waals surface area (Å²) in [6.45, 7) is 1.65. The monoisotopic (exact) mass is 239 g/mol. The molecule has 0 aromatic heterocycles. The molecule has 92 valence electrons. The highest BCUT2D eigenvalue weighted by molar-refractivity contribution is 5.80. The van der Waals surface area contributed by atoms with Gasteiger partial charge in [-0.2, -0.15) is 0 Å². The maximum Gasteiger partial charge on any atom is 0.303 e. The fraction of sp³-hybridized carbons (Fsp3) is 0.333. The van der Waals surface area contributed by atoms with E-state index < -0.39 is 23.7 Å². The minimum absolute atomic E-state index is 0.103. The second-order valence-corrected chi connectivity index (χ2v) is 3.70. The zero-order valence-electron chi connectivity index (χ0n) is 9.44. The van der Waals surface area contributed by atoms with E-state index in [1.165, 1.54) is 6.07 Å². The average Bonchev–Trinajstić information content (AvgIpc) is 2.26. The van der Waals surface area contributed by atoms with Gasteiger partial charge in [-0.15, -0.1) is 0 Å². The zero-order chi connectivity index (χ0) is 12.8. The largest absolute Gasteiger partial charge is 0.481 e. The summed E-state index contributed by atoms with van der Waals surface area (Å²) < 4.78 is 13.4. The van der Waals surface area contributed by atoms with E-state index in [0.29, 0.717) is 5.56 Å². The molecule has 0 saturated heterocycles. The van der Waals surface area contributed by atoms with Crippen LogP contribution in [0.4, 0.5) is 4.39 Å². The average molecular weight is 239 g/mol. The first-order valence-electron chi connectivity index (χ1n) is 5.26. The first-order valence-corrected chi connectivity index (χ1v) is 5.26. The number of nitrogens with one attached hydrogen (secondary N) is 1. The van der Waals surface area contributed by atoms with Crippen LogP contribution in [0.3, 0.4) is 0 Å². The summed E-state index contributed by atoms with van der Waals surface area (Å²) in [6.07, 6.45) is -0.329. The van der Waals surface area contributed by atoms with Gasteiger partial charge in [-0.1, -0.05) is 18.2 Å². The predicted octanol–water partition coefficient (Wildman–Crippen LogP) is 1.87. The van der Waals surface area contributed by atoms with E-state index in [1.54, 1.807) is 25.1 Å². The second-order valence-electron chi connectivity index (χ2n) is 3.70. The number of amides is 1. The molecule has 1 rings (SSSR count). The van der Waals surface area contributed by atoms with Crippen molar-refractivity contribution in [3.63, 3.8) is 0 Å². The lowest BCUT2D eigenvalue weighted by Crippen LogP contribution is -2.27. The molecule has 0 unspecified atom stereocenters. The second kappa shape index (κ2) is 5.98. The van der Waals surface area contributed by atoms with Gasteiger partial charge in [0.05, 0.1) is 12.5 Å². The third-order valence-corrected chi connectivity index (χ3v) is 2.32. The Morgan fingerprint density at radius 3 is 2.59 bits per heavy atom. The Labute approximate surface area is 98.5 Å². The number of carbonyl (C=O) groups is 2. The number of benzene rings is 1. The van der Waals surface area contributed by atoms with Crippen molar-refractivity contribution in [2.75, 3.05) is 0 Å². The maximum atomic E-state index is 13.4. The van der Waals surface area contributed by atoms with E-state index >= 15 is 0 Å². The Bertz CT molecular complexity index is 420. The zero-order valence-corrected chi connectivity index (χ0v) is 9.44. The van der Waals surface area contributed by atoms with Gasteiger partial charge in [-0.3, -0.25) is 9.59 Å². The lowest BCUT2D eigenvalue weighted by molar-refractivity contribution is -0.138. The van der Waals surface area contributed by atoms with E-state index in [2.05, 4.69) is 5.32 Å². The smallest absolute Gasteiger partial charge is 0.303 e. The first kappa shape index (κ1) is 13.2. The highest BCUT2D eigenvalue weighted by Crippen LogP contribution is 2.16. The van der Waals surface area contributed by atoms with Crippen molar-refractivity contribution < 1.29 is 19.1 Å². The number of carbonyl (C=O) groups excluding carboxylic acids is 1. The Kier molecular flexibility index (Phi) is 4.63. The maximum absolute atomic E-state index is 13.4. The fourth-order valence-electron chi connectivity index (χ4n) is 1.44. The lowest BCUT2D eigenvalue weighted by atomic mass is 10.1. The van der Waals surface area contributed by atoms with E-state index in [4.69, 9.17) is 5.11 Å². The number of carboxylic acids is 1. The minimum Gasteiger partial charge on any atom is -0.481 e. The number of aliphatic carboxylic acids is 1. The Hall–Kier alpha value is -1.91. The van der Waals surface area contributed by atoms with Crippen molar-refractivity contribution in [3.05, 3.63) is 35.6 Å². The lowest BCUT2D eigenvalue weighted by Gasteiger charge is -2.14. The summed E-state index contributed by atoms with van der Waals surface area (Å²) in [5.41, 5.74) is 0.385. The van der Waals surface area contributed by atoms with Gasteiger partial charge in [0.25, 0.3) is 0 Å². The molecule has 1 atom stereocenters. The van der Waals surface area contributed by atoms with Crippen molar-refractivity contribution >= 4 is 11.9 Å². The Balaban J connectivity index is 2.55. The van der Waals surface area contributed by atoms with E-state index in [0.717, 1.165) is 0 Å². The van der Waals surface area contributed by atoms with Crippen LogP contribution in [0.25, 0.3) is 0 Å². The quantitative estimate of drug-likeness (QED) is 0.824. The Morgan fingerprint density at radius 1 is 1.35 bits per heavy atom. The van der Waals surface area contributed by atoms with Crippen LogP contribution < -0.4 is 5.32 Å². The van der Waals surface area contributed by atoms with Gasteiger partial charge in [0.2, 0.25) is 5.91 Å². The molecule has 4 nitrogen and oxygen atoms in total. The van der Waals surface area contributed by atoms with E-state index in [-0.39, 0.29) is 12.8 Å². The molecular formula is C12H14FNO3. The molecule has 17 heavy (non-hydrogen) atoms. The molecule has 0 heterocycles. The van der Waals surface area contributed by atoms with Gasteiger partial charge in [-0.05, 0) is 13.0 Å². The van der Waals surface area contributed by atoms with Gasteiger partial charge in [0.15, 0.2) is 0 Å². The van der Waals surface area contributed by atoms with Crippen molar-refractivity contribution in [3.8, 4) is 0 Å². The van der Waals surface area contributed by atoms with Gasteiger partial charge in [0, 0.05) is 12.0 Å². The molecule has 0 saturated carbocycles. The van der Waals surface area contributed by atoms with E-state index in [9.17, 15) is 14.0 Å². The van der Waals surface area contributed by atoms with Gasteiger partial charge in [-0.25, -0.2) is 4.39 Å². The molecule has 5 heteroatoms. The molecule has 0 aliphatic rings. The molecule has 1 aromatic rings. The molecule has 0 fully saturated rings. The SMILES string of the molecule is C[C@@H](NC(=O)CCC(=O)O)c1ccccc1F. The van der Waals surface area contributed by atoms with Crippen LogP contribution in [0.2, 0.25) is 0 Å². The number of hydrogen-bond donors (Lipinski definition) is 2. The molecule has 0 bridgehead atoms. The number of hydrogen-bond acceptors (Lipinski definition) is 2. The third kappa shape index (κ3) is 4.22. The molecule has 1 amide bonds. The predicted molar refractivity (Wildman–Crippen MR) is 59.8 cm³/mol. The van der Waals surface area contributed by atoms with Crippen molar-refractivity contribution in [1.82, 2.24) is 5.32 Å². The summed E-state index contributed by atoms with van der Waals surface area (Å²) in [5.74, 6) is -1.82. The Morgan fingerprint density at radius 2 is 2.00 bits per heavy atom. The molecule has 0 radical (unpaired) electrons. The number of rotatable bonds is 5. The van der Waals surface area contributed by atoms with Gasteiger partial charge >= 0.3 is 5.97 Å². The van der Waals surface area contributed by atoms with Crippen LogP contribution in [-0.4, -0.2) is 17.0 Å². The number of halogens is 1. The topological polar surface area (TPSA) is 66.4 Å². The van der Waals surface area contributed by atoms with Crippen LogP contribution in [0.5, 0.6) is 0 Å². The summed E-state index contributed by atoms with van der Waals surface area (Å²) >= 11 is 0. The van der Waals surface area contributed by atoms with Crippen molar-refractivity contribution in [2.45, 2.75) is 25.8 Å². The van der Waals surface area contributed by atoms with E-state index in [1.807, 2.05) is 0 Å². The molecule has 0 aliphatic heterocycles. The normalized spacial score (nSPS) is 11.9. The molecule has 0 spiro atoms. The fourth-order valence-corrected chi connectivity index (χ4v) is 1.44. The van der Waals surface area contributed by atoms with Crippen molar-refractivity contribution in [1.29, 1.82) is 0 Å². The van der Waals surface area contributed by atoms with Gasteiger partial charge < -0.3 is 10.4 Å². The standard InChI is InChI=1S/C12H14FNO3/c1-8(9-4-2-3-5-10(9)13)14-11(15)6-7-12(16)17/h2-5,8H,6-7H2,1H3,(H,14,15)(H,16,17)/t8-/m1/s1. The van der Waals surface area contributed by atoms with Crippen LogP contribution in [0.15, 0.2) is 24.3 Å². The molecule has 1 aromatic carbocycles. The van der Waals surface area contributed by atoms with Crippen LogP contribution in [0.1, 0.15) is 31.4 Å². The molecular weight excluding hydrogens is 225 g/mol. The highest BCUT2D eigenvalue weighted by Gasteiger charge is 2.13. The van der Waals surface area contributed by atoms with Crippen LogP contribution >= 0.6 is 0 Å². The summed E-state index contributed by atoms with van der Waals surface area (Å²) in [7, 11) is 0.